The van der Waals surface area contributed by atoms with E-state index in [0.29, 0.717) is 5.41 Å². The minimum atomic E-state index is 0.333. The summed E-state index contributed by atoms with van der Waals surface area (Å²) in [6.45, 7) is 8.56. The first-order valence-corrected chi connectivity index (χ1v) is 5.57. The summed E-state index contributed by atoms with van der Waals surface area (Å²) < 4.78 is 1.03. The smallest absolute Gasteiger partial charge is 0.0410 e. The van der Waals surface area contributed by atoms with Crippen molar-refractivity contribution in [2.45, 2.75) is 27.3 Å². The molecule has 14 heavy (non-hydrogen) atoms. The molecule has 0 fully saturated rings. The highest BCUT2D eigenvalue weighted by molar-refractivity contribution is 9.10. The van der Waals surface area contributed by atoms with Gasteiger partial charge in [-0.2, -0.15) is 0 Å². The van der Waals surface area contributed by atoms with E-state index >= 15 is 0 Å². The number of halogens is 1. The molecule has 0 saturated heterocycles. The Morgan fingerprint density at radius 2 is 2.07 bits per heavy atom. The molecule has 0 saturated carbocycles. The summed E-state index contributed by atoms with van der Waals surface area (Å²) in [4.78, 5) is 4.11. The van der Waals surface area contributed by atoms with Crippen LogP contribution in [-0.2, 0) is 6.54 Å². The lowest BCUT2D eigenvalue weighted by Crippen LogP contribution is -2.26. The molecule has 0 unspecified atom stereocenters. The fraction of sp³-hybridized carbons (Fsp3) is 0.545. The molecule has 0 bridgehead atoms. The van der Waals surface area contributed by atoms with Gasteiger partial charge in [0.1, 0.15) is 0 Å². The molecular weight excluding hydrogens is 240 g/mol. The first kappa shape index (κ1) is 11.7. The second kappa shape index (κ2) is 4.89. The fourth-order valence-electron chi connectivity index (χ4n) is 1.13. The molecule has 3 heteroatoms. The summed E-state index contributed by atoms with van der Waals surface area (Å²) in [6, 6.07) is 2.09. The topological polar surface area (TPSA) is 24.9 Å². The standard InChI is InChI=1S/C11H17BrN2/c1-11(2,3)8-14-6-9-4-10(12)7-13-5-9/h4-5,7,14H,6,8H2,1-3H3. The zero-order chi connectivity index (χ0) is 10.6. The van der Waals surface area contributed by atoms with Crippen molar-refractivity contribution < 1.29 is 0 Å². The normalized spacial score (nSPS) is 11.7. The van der Waals surface area contributed by atoms with Gasteiger partial charge in [0.2, 0.25) is 0 Å². The molecule has 0 aromatic carbocycles. The van der Waals surface area contributed by atoms with Crippen molar-refractivity contribution in [3.63, 3.8) is 0 Å². The van der Waals surface area contributed by atoms with Crippen LogP contribution < -0.4 is 5.32 Å². The van der Waals surface area contributed by atoms with E-state index in [1.807, 2.05) is 6.20 Å². The summed E-state index contributed by atoms with van der Waals surface area (Å²) >= 11 is 3.40. The molecule has 0 radical (unpaired) electrons. The minimum Gasteiger partial charge on any atom is -0.312 e. The van der Waals surface area contributed by atoms with Gasteiger partial charge in [0.15, 0.2) is 0 Å². The van der Waals surface area contributed by atoms with E-state index in [1.54, 1.807) is 6.20 Å². The van der Waals surface area contributed by atoms with Crippen molar-refractivity contribution in [3.8, 4) is 0 Å². The lowest BCUT2D eigenvalue weighted by molar-refractivity contribution is 0.379. The van der Waals surface area contributed by atoms with E-state index in [2.05, 4.69) is 53.1 Å². The highest BCUT2D eigenvalue weighted by Gasteiger charge is 2.08. The van der Waals surface area contributed by atoms with Crippen LogP contribution in [0.25, 0.3) is 0 Å². The second-order valence-electron chi connectivity index (χ2n) is 4.68. The van der Waals surface area contributed by atoms with E-state index in [-0.39, 0.29) is 0 Å². The maximum Gasteiger partial charge on any atom is 0.0410 e. The van der Waals surface area contributed by atoms with Crippen molar-refractivity contribution in [2.75, 3.05) is 6.54 Å². The molecule has 1 aromatic heterocycles. The predicted molar refractivity (Wildman–Crippen MR) is 63.1 cm³/mol. The number of nitrogens with zero attached hydrogens (tertiary/aromatic N) is 1. The van der Waals surface area contributed by atoms with Gasteiger partial charge in [-0.1, -0.05) is 20.8 Å². The molecule has 1 rings (SSSR count). The summed E-state index contributed by atoms with van der Waals surface area (Å²) in [6.07, 6.45) is 3.69. The maximum atomic E-state index is 4.11. The third-order valence-corrected chi connectivity index (χ3v) is 2.18. The predicted octanol–water partition coefficient (Wildman–Crippen LogP) is 2.98. The van der Waals surface area contributed by atoms with Gasteiger partial charge in [-0.25, -0.2) is 0 Å². The van der Waals surface area contributed by atoms with E-state index in [4.69, 9.17) is 0 Å². The van der Waals surface area contributed by atoms with Crippen LogP contribution in [0, 0.1) is 5.41 Å². The Bertz CT molecular complexity index is 292. The number of aromatic nitrogens is 1. The van der Waals surface area contributed by atoms with Crippen LogP contribution in [0.5, 0.6) is 0 Å². The number of hydrogen-bond donors (Lipinski definition) is 1. The van der Waals surface area contributed by atoms with Crippen LogP contribution in [0.4, 0.5) is 0 Å². The molecule has 0 aliphatic rings. The fourth-order valence-corrected chi connectivity index (χ4v) is 1.55. The summed E-state index contributed by atoms with van der Waals surface area (Å²) in [5, 5.41) is 3.41. The summed E-state index contributed by atoms with van der Waals surface area (Å²) in [7, 11) is 0. The average Bonchev–Trinajstić information content (AvgIpc) is 2.01. The number of pyridine rings is 1. The quantitative estimate of drug-likeness (QED) is 0.900. The average molecular weight is 257 g/mol. The third-order valence-electron chi connectivity index (χ3n) is 1.75. The zero-order valence-electron chi connectivity index (χ0n) is 8.97. The first-order chi connectivity index (χ1) is 6.47. The van der Waals surface area contributed by atoms with Gasteiger partial charge in [-0.05, 0) is 33.0 Å². The number of hydrogen-bond acceptors (Lipinski definition) is 2. The second-order valence-corrected chi connectivity index (χ2v) is 5.59. The molecule has 1 aromatic rings. The van der Waals surface area contributed by atoms with Crippen LogP contribution in [0.2, 0.25) is 0 Å². The largest absolute Gasteiger partial charge is 0.312 e. The van der Waals surface area contributed by atoms with Crippen LogP contribution in [0.1, 0.15) is 26.3 Å². The van der Waals surface area contributed by atoms with Gasteiger partial charge in [0.05, 0.1) is 0 Å². The summed E-state index contributed by atoms with van der Waals surface area (Å²) in [5.74, 6) is 0. The van der Waals surface area contributed by atoms with Crippen molar-refractivity contribution in [2.24, 2.45) is 5.41 Å². The highest BCUT2D eigenvalue weighted by atomic mass is 79.9. The van der Waals surface area contributed by atoms with Crippen molar-refractivity contribution in [1.82, 2.24) is 10.3 Å². The molecule has 0 spiro atoms. The molecule has 0 aliphatic carbocycles. The Labute approximate surface area is 94.3 Å². The van der Waals surface area contributed by atoms with Gasteiger partial charge < -0.3 is 5.32 Å². The van der Waals surface area contributed by atoms with Gasteiger partial charge in [-0.15, -0.1) is 0 Å². The van der Waals surface area contributed by atoms with Crippen LogP contribution in [-0.4, -0.2) is 11.5 Å². The van der Waals surface area contributed by atoms with E-state index in [1.165, 1.54) is 5.56 Å². The highest BCUT2D eigenvalue weighted by Crippen LogP contribution is 2.12. The third kappa shape index (κ3) is 4.72. The first-order valence-electron chi connectivity index (χ1n) is 4.77. The lowest BCUT2D eigenvalue weighted by Gasteiger charge is -2.18. The number of nitrogens with one attached hydrogen (secondary N) is 1. The zero-order valence-corrected chi connectivity index (χ0v) is 10.6. The molecule has 1 N–H and O–H groups in total. The van der Waals surface area contributed by atoms with Crippen LogP contribution in [0.15, 0.2) is 22.9 Å². The van der Waals surface area contributed by atoms with Crippen molar-refractivity contribution >= 4 is 15.9 Å². The van der Waals surface area contributed by atoms with Gasteiger partial charge >= 0.3 is 0 Å². The molecule has 0 amide bonds. The van der Waals surface area contributed by atoms with Gasteiger partial charge in [0, 0.05) is 30.0 Å². The van der Waals surface area contributed by atoms with Crippen LogP contribution in [0.3, 0.4) is 0 Å². The molecule has 1 heterocycles. The molecule has 0 aliphatic heterocycles. The number of rotatable bonds is 3. The van der Waals surface area contributed by atoms with E-state index in [9.17, 15) is 0 Å². The Hall–Kier alpha value is -0.410. The Balaban J connectivity index is 2.39. The van der Waals surface area contributed by atoms with Crippen molar-refractivity contribution in [1.29, 1.82) is 0 Å². The SMILES string of the molecule is CC(C)(C)CNCc1cncc(Br)c1. The lowest BCUT2D eigenvalue weighted by atomic mass is 9.97. The van der Waals surface area contributed by atoms with Gasteiger partial charge in [-0.3, -0.25) is 4.98 Å². The Morgan fingerprint density at radius 3 is 2.64 bits per heavy atom. The van der Waals surface area contributed by atoms with Crippen LogP contribution >= 0.6 is 15.9 Å². The molecular formula is C11H17BrN2. The van der Waals surface area contributed by atoms with Crippen molar-refractivity contribution in [3.05, 3.63) is 28.5 Å². The maximum absolute atomic E-state index is 4.11. The molecule has 78 valence electrons. The van der Waals surface area contributed by atoms with E-state index in [0.717, 1.165) is 17.6 Å². The molecule has 2 nitrogen and oxygen atoms in total. The Kier molecular flexibility index (Phi) is 4.08. The molecule has 0 atom stereocenters. The summed E-state index contributed by atoms with van der Waals surface area (Å²) in [5.41, 5.74) is 1.54. The van der Waals surface area contributed by atoms with E-state index < -0.39 is 0 Å². The van der Waals surface area contributed by atoms with Gasteiger partial charge in [0.25, 0.3) is 0 Å². The Morgan fingerprint density at radius 1 is 1.36 bits per heavy atom. The monoisotopic (exact) mass is 256 g/mol. The minimum absolute atomic E-state index is 0.333.